The molecule has 2 aromatic rings. The zero-order valence-corrected chi connectivity index (χ0v) is 15.4. The van der Waals surface area contributed by atoms with Gasteiger partial charge in [-0.3, -0.25) is 9.59 Å². The van der Waals surface area contributed by atoms with Crippen LogP contribution in [0.3, 0.4) is 0 Å². The fraction of sp³-hybridized carbons (Fsp3) is 0.400. The summed E-state index contributed by atoms with van der Waals surface area (Å²) in [6, 6.07) is 13.5. The van der Waals surface area contributed by atoms with Crippen molar-refractivity contribution in [2.75, 3.05) is 18.4 Å². The Hall–Kier alpha value is -2.11. The number of benzene rings is 2. The third-order valence-corrected chi connectivity index (χ3v) is 5.21. The SMILES string of the molecule is Cl.O=C(Nc1ccc2ccccc2c1)[C@@H]1CCCN1C(=O)[C@@H]1CCCN1. The molecule has 26 heavy (non-hydrogen) atoms. The molecule has 0 radical (unpaired) electrons. The molecule has 2 saturated heterocycles. The molecule has 2 N–H and O–H groups in total. The van der Waals surface area contributed by atoms with Gasteiger partial charge in [0.05, 0.1) is 6.04 Å². The molecule has 2 fully saturated rings. The number of carbonyl (C=O) groups is 2. The lowest BCUT2D eigenvalue weighted by molar-refractivity contribution is -0.138. The average Bonchev–Trinajstić information content (AvgIpc) is 3.33. The highest BCUT2D eigenvalue weighted by Gasteiger charge is 2.37. The largest absolute Gasteiger partial charge is 0.329 e. The number of anilines is 1. The van der Waals surface area contributed by atoms with Crippen molar-refractivity contribution < 1.29 is 9.59 Å². The molecule has 2 aliphatic heterocycles. The zero-order valence-electron chi connectivity index (χ0n) is 14.6. The Kier molecular flexibility index (Phi) is 5.79. The number of hydrogen-bond donors (Lipinski definition) is 2. The molecule has 138 valence electrons. The van der Waals surface area contributed by atoms with Crippen LogP contribution in [-0.2, 0) is 9.59 Å². The second kappa shape index (κ2) is 8.06. The van der Waals surface area contributed by atoms with Gasteiger partial charge in [0, 0.05) is 12.2 Å². The highest BCUT2D eigenvalue weighted by Crippen LogP contribution is 2.23. The summed E-state index contributed by atoms with van der Waals surface area (Å²) in [4.78, 5) is 27.2. The van der Waals surface area contributed by atoms with Gasteiger partial charge in [-0.1, -0.05) is 30.3 Å². The average molecular weight is 374 g/mol. The standard InChI is InChI=1S/C20H23N3O2.ClH/c24-19(22-16-10-9-14-5-1-2-6-15(14)13-16)18-8-4-12-23(18)20(25)17-7-3-11-21-17;/h1-2,5-6,9-10,13,17-18,21H,3-4,7-8,11-12H2,(H,22,24);1H/t17-,18-;/m0./s1. The lowest BCUT2D eigenvalue weighted by atomic mass is 10.1. The van der Waals surface area contributed by atoms with Gasteiger partial charge in [-0.2, -0.15) is 0 Å². The number of fused-ring (bicyclic) bond motifs is 1. The van der Waals surface area contributed by atoms with Crippen LogP contribution < -0.4 is 10.6 Å². The predicted octanol–water partition coefficient (Wildman–Crippen LogP) is 2.94. The van der Waals surface area contributed by atoms with Crippen LogP contribution in [0.5, 0.6) is 0 Å². The molecule has 0 bridgehead atoms. The first-order valence-corrected chi connectivity index (χ1v) is 9.06. The topological polar surface area (TPSA) is 61.4 Å². The minimum atomic E-state index is -0.360. The molecule has 5 nitrogen and oxygen atoms in total. The summed E-state index contributed by atoms with van der Waals surface area (Å²) in [5.74, 6) is -0.00668. The summed E-state index contributed by atoms with van der Waals surface area (Å²) in [7, 11) is 0. The first kappa shape index (κ1) is 18.7. The fourth-order valence-electron chi connectivity index (χ4n) is 3.89. The fourth-order valence-corrected chi connectivity index (χ4v) is 3.89. The highest BCUT2D eigenvalue weighted by molar-refractivity contribution is 5.99. The summed E-state index contributed by atoms with van der Waals surface area (Å²) < 4.78 is 0. The van der Waals surface area contributed by atoms with E-state index < -0.39 is 0 Å². The smallest absolute Gasteiger partial charge is 0.247 e. The van der Waals surface area contributed by atoms with Crippen LogP contribution in [-0.4, -0.2) is 41.9 Å². The Morgan fingerprint density at radius 3 is 2.62 bits per heavy atom. The van der Waals surface area contributed by atoms with Gasteiger partial charge in [-0.15, -0.1) is 12.4 Å². The lowest BCUT2D eigenvalue weighted by Gasteiger charge is -2.26. The third kappa shape index (κ3) is 3.69. The summed E-state index contributed by atoms with van der Waals surface area (Å²) in [5.41, 5.74) is 0.780. The molecule has 2 atom stereocenters. The minimum Gasteiger partial charge on any atom is -0.329 e. The molecule has 4 rings (SSSR count). The van der Waals surface area contributed by atoms with Gasteiger partial charge >= 0.3 is 0 Å². The molecule has 2 heterocycles. The first-order chi connectivity index (χ1) is 12.2. The second-order valence-electron chi connectivity index (χ2n) is 6.89. The van der Waals surface area contributed by atoms with Crippen molar-refractivity contribution in [3.8, 4) is 0 Å². The van der Waals surface area contributed by atoms with Crippen molar-refractivity contribution in [1.82, 2.24) is 10.2 Å². The molecule has 0 aliphatic carbocycles. The van der Waals surface area contributed by atoms with E-state index in [0.29, 0.717) is 6.54 Å². The monoisotopic (exact) mass is 373 g/mol. The molecule has 2 aromatic carbocycles. The van der Waals surface area contributed by atoms with E-state index in [9.17, 15) is 9.59 Å². The lowest BCUT2D eigenvalue weighted by Crippen LogP contribution is -2.49. The Balaban J connectivity index is 0.00000196. The maximum Gasteiger partial charge on any atom is 0.247 e. The van der Waals surface area contributed by atoms with E-state index in [1.807, 2.05) is 42.5 Å². The third-order valence-electron chi connectivity index (χ3n) is 5.21. The van der Waals surface area contributed by atoms with Gasteiger partial charge in [0.15, 0.2) is 0 Å². The van der Waals surface area contributed by atoms with Crippen molar-refractivity contribution in [3.63, 3.8) is 0 Å². The number of rotatable bonds is 3. The summed E-state index contributed by atoms with van der Waals surface area (Å²) in [5, 5.41) is 8.47. The van der Waals surface area contributed by atoms with Crippen LogP contribution in [0.15, 0.2) is 42.5 Å². The number of likely N-dealkylation sites (tertiary alicyclic amines) is 1. The minimum absolute atomic E-state index is 0. The molecule has 0 aromatic heterocycles. The van der Waals surface area contributed by atoms with Crippen molar-refractivity contribution >= 4 is 40.7 Å². The van der Waals surface area contributed by atoms with E-state index in [-0.39, 0.29) is 36.3 Å². The van der Waals surface area contributed by atoms with Gasteiger partial charge in [0.2, 0.25) is 11.8 Å². The van der Waals surface area contributed by atoms with Gasteiger partial charge in [0.1, 0.15) is 6.04 Å². The second-order valence-corrected chi connectivity index (χ2v) is 6.89. The molecule has 6 heteroatoms. The summed E-state index contributed by atoms with van der Waals surface area (Å²) in [6.07, 6.45) is 3.51. The van der Waals surface area contributed by atoms with Crippen molar-refractivity contribution in [1.29, 1.82) is 0 Å². The molecule has 0 unspecified atom stereocenters. The van der Waals surface area contributed by atoms with Crippen molar-refractivity contribution in [2.24, 2.45) is 0 Å². The Labute approximate surface area is 159 Å². The number of carbonyl (C=O) groups excluding carboxylic acids is 2. The van der Waals surface area contributed by atoms with Crippen LogP contribution in [0, 0.1) is 0 Å². The summed E-state index contributed by atoms with van der Waals surface area (Å²) >= 11 is 0. The van der Waals surface area contributed by atoms with E-state index in [1.165, 1.54) is 0 Å². The predicted molar refractivity (Wildman–Crippen MR) is 106 cm³/mol. The van der Waals surface area contributed by atoms with Crippen LogP contribution >= 0.6 is 12.4 Å². The van der Waals surface area contributed by atoms with Gasteiger partial charge in [-0.05, 0) is 55.1 Å². The maximum atomic E-state index is 12.8. The van der Waals surface area contributed by atoms with Crippen LogP contribution in [0.1, 0.15) is 25.7 Å². The van der Waals surface area contributed by atoms with Crippen molar-refractivity contribution in [2.45, 2.75) is 37.8 Å². The molecule has 2 amide bonds. The number of hydrogen-bond acceptors (Lipinski definition) is 3. The zero-order chi connectivity index (χ0) is 17.2. The molecule has 0 spiro atoms. The van der Waals surface area contributed by atoms with E-state index in [2.05, 4.69) is 10.6 Å². The Morgan fingerprint density at radius 2 is 1.85 bits per heavy atom. The number of nitrogens with one attached hydrogen (secondary N) is 2. The molecule has 0 saturated carbocycles. The number of halogens is 1. The van der Waals surface area contributed by atoms with E-state index in [0.717, 1.165) is 48.7 Å². The van der Waals surface area contributed by atoms with Crippen LogP contribution in [0.4, 0.5) is 5.69 Å². The number of nitrogens with zero attached hydrogens (tertiary/aromatic N) is 1. The number of amides is 2. The Morgan fingerprint density at radius 1 is 1.04 bits per heavy atom. The van der Waals surface area contributed by atoms with Crippen LogP contribution in [0.25, 0.3) is 10.8 Å². The molecular formula is C20H24ClN3O2. The molecule has 2 aliphatic rings. The Bertz CT molecular complexity index is 804. The highest BCUT2D eigenvalue weighted by atomic mass is 35.5. The summed E-state index contributed by atoms with van der Waals surface area (Å²) in [6.45, 7) is 1.56. The molecular weight excluding hydrogens is 350 g/mol. The maximum absolute atomic E-state index is 12.8. The van der Waals surface area contributed by atoms with E-state index in [4.69, 9.17) is 0 Å². The van der Waals surface area contributed by atoms with Gasteiger partial charge in [0.25, 0.3) is 0 Å². The van der Waals surface area contributed by atoms with Crippen LogP contribution in [0.2, 0.25) is 0 Å². The van der Waals surface area contributed by atoms with Crippen molar-refractivity contribution in [3.05, 3.63) is 42.5 Å². The van der Waals surface area contributed by atoms with Gasteiger partial charge in [-0.25, -0.2) is 0 Å². The first-order valence-electron chi connectivity index (χ1n) is 9.06. The van der Waals surface area contributed by atoms with E-state index >= 15 is 0 Å². The normalized spacial score (nSPS) is 22.2. The quantitative estimate of drug-likeness (QED) is 0.869. The van der Waals surface area contributed by atoms with Gasteiger partial charge < -0.3 is 15.5 Å². The van der Waals surface area contributed by atoms with E-state index in [1.54, 1.807) is 4.90 Å².